The summed E-state index contributed by atoms with van der Waals surface area (Å²) in [5.74, 6) is -2.43. The Hall–Kier alpha value is -3.61. The van der Waals surface area contributed by atoms with Gasteiger partial charge in [0.05, 0.1) is 34.3 Å². The van der Waals surface area contributed by atoms with Crippen molar-refractivity contribution in [3.8, 4) is 17.1 Å². The van der Waals surface area contributed by atoms with Gasteiger partial charge >= 0.3 is 18.3 Å². The van der Waals surface area contributed by atoms with Gasteiger partial charge in [-0.2, -0.15) is 28.2 Å². The Morgan fingerprint density at radius 2 is 1.79 bits per heavy atom. The van der Waals surface area contributed by atoms with Crippen molar-refractivity contribution in [3.63, 3.8) is 0 Å². The van der Waals surface area contributed by atoms with Crippen LogP contribution in [0.25, 0.3) is 32.9 Å². The zero-order valence-electron chi connectivity index (χ0n) is 29.5. The van der Waals surface area contributed by atoms with Crippen LogP contribution < -0.4 is 9.64 Å². The van der Waals surface area contributed by atoms with E-state index >= 15 is 8.78 Å². The quantitative estimate of drug-likeness (QED) is 0.160. The van der Waals surface area contributed by atoms with Crippen molar-refractivity contribution in [1.29, 1.82) is 0 Å². The lowest BCUT2D eigenvalue weighted by Crippen LogP contribution is -2.57. The van der Waals surface area contributed by atoms with Crippen LogP contribution in [0.3, 0.4) is 0 Å². The fourth-order valence-electron chi connectivity index (χ4n) is 8.92. The van der Waals surface area contributed by atoms with Crippen molar-refractivity contribution < 1.29 is 40.6 Å². The van der Waals surface area contributed by atoms with Crippen LogP contribution in [0.1, 0.15) is 64.0 Å². The fourth-order valence-corrected chi connectivity index (χ4v) is 9.59. The molecule has 8 rings (SSSR count). The molecule has 2 aromatic heterocycles. The van der Waals surface area contributed by atoms with Crippen molar-refractivity contribution >= 4 is 56.3 Å². The van der Waals surface area contributed by atoms with E-state index in [2.05, 4.69) is 20.2 Å². The van der Waals surface area contributed by atoms with E-state index in [0.29, 0.717) is 25.8 Å². The molecule has 17 heteroatoms. The minimum atomic E-state index is -4.97. The van der Waals surface area contributed by atoms with E-state index in [9.17, 15) is 22.4 Å². The standard InChI is InChI=1S/C36H38F6IN7O3/c1-17-10-23-25(30(43)47-46-23)26(27(17)36(40,41)42)24-22(38)11-21-29(28(24)39)44-32(52-16-35-8-5-9-49(35)13-18(37)12-35)45-31(21)48-14-19-6-7-20(15-48)50(19)33(51)53-34(2,3)4/h10-11,18-20H,5-9,12-16H2,1-4H3,(H,46,47)/t18-,19-,20+,35+/m1/s1. The number of aryl methyl sites for hydroxylation is 1. The lowest BCUT2D eigenvalue weighted by Gasteiger charge is -2.42. The largest absolute Gasteiger partial charge is 0.461 e. The highest BCUT2D eigenvalue weighted by atomic mass is 127. The number of alkyl halides is 4. The summed E-state index contributed by atoms with van der Waals surface area (Å²) in [7, 11) is 0. The van der Waals surface area contributed by atoms with E-state index in [1.807, 2.05) is 9.80 Å². The van der Waals surface area contributed by atoms with Crippen LogP contribution in [0.5, 0.6) is 6.01 Å². The molecule has 1 N–H and O–H groups in total. The molecule has 0 spiro atoms. The Bertz CT molecular complexity index is 2130. The Labute approximate surface area is 314 Å². The number of nitrogens with one attached hydrogen (secondary N) is 1. The number of hydrogen-bond acceptors (Lipinski definition) is 8. The third kappa shape index (κ3) is 6.22. The summed E-state index contributed by atoms with van der Waals surface area (Å²) in [4.78, 5) is 27.8. The molecule has 10 nitrogen and oxygen atoms in total. The van der Waals surface area contributed by atoms with Gasteiger partial charge in [0, 0.05) is 42.4 Å². The number of halogens is 7. The molecule has 0 saturated carbocycles. The van der Waals surface area contributed by atoms with Gasteiger partial charge < -0.3 is 14.4 Å². The maximum absolute atomic E-state index is 17.2. The van der Waals surface area contributed by atoms with Crippen LogP contribution >= 0.6 is 22.6 Å². The first kappa shape index (κ1) is 36.4. The van der Waals surface area contributed by atoms with Crippen LogP contribution in [-0.2, 0) is 10.9 Å². The molecule has 1 amide bonds. The van der Waals surface area contributed by atoms with Crippen molar-refractivity contribution in [2.75, 3.05) is 37.7 Å². The second kappa shape index (κ2) is 12.7. The average Bonchev–Trinajstić information content (AvgIpc) is 3.77. The first-order valence-electron chi connectivity index (χ1n) is 17.7. The van der Waals surface area contributed by atoms with E-state index in [4.69, 9.17) is 9.47 Å². The Morgan fingerprint density at radius 1 is 1.08 bits per heavy atom. The van der Waals surface area contributed by atoms with E-state index in [1.54, 1.807) is 48.3 Å². The van der Waals surface area contributed by atoms with Crippen LogP contribution in [0.15, 0.2) is 12.1 Å². The normalized spacial score (nSPS) is 24.8. The molecule has 4 aliphatic heterocycles. The predicted octanol–water partition coefficient (Wildman–Crippen LogP) is 7.93. The smallest absolute Gasteiger partial charge is 0.417 e. The van der Waals surface area contributed by atoms with Crippen LogP contribution in [0, 0.1) is 22.3 Å². The molecule has 4 fully saturated rings. The highest BCUT2D eigenvalue weighted by Gasteiger charge is 2.50. The minimum absolute atomic E-state index is 0.00957. The van der Waals surface area contributed by atoms with Crippen molar-refractivity contribution in [2.45, 2.75) is 95.4 Å². The lowest BCUT2D eigenvalue weighted by atomic mass is 9.91. The van der Waals surface area contributed by atoms with Gasteiger partial charge in [-0.1, -0.05) is 0 Å². The molecule has 0 unspecified atom stereocenters. The van der Waals surface area contributed by atoms with E-state index < -0.39 is 63.4 Å². The number of nitrogens with zero attached hydrogens (tertiary/aromatic N) is 6. The topological polar surface area (TPSA) is 99.7 Å². The Balaban J connectivity index is 1.28. The second-order valence-electron chi connectivity index (χ2n) is 15.7. The number of fused-ring (bicyclic) bond motifs is 5. The van der Waals surface area contributed by atoms with Crippen LogP contribution in [0.2, 0.25) is 0 Å². The number of H-pyrrole nitrogens is 1. The third-order valence-electron chi connectivity index (χ3n) is 11.0. The monoisotopic (exact) mass is 857 g/mol. The first-order chi connectivity index (χ1) is 24.9. The van der Waals surface area contributed by atoms with E-state index in [0.717, 1.165) is 12.5 Å². The predicted molar refractivity (Wildman–Crippen MR) is 193 cm³/mol. The summed E-state index contributed by atoms with van der Waals surface area (Å²) in [5, 5.41) is 6.58. The highest BCUT2D eigenvalue weighted by Crippen LogP contribution is 2.48. The summed E-state index contributed by atoms with van der Waals surface area (Å²) < 4.78 is 105. The number of ether oxygens (including phenoxy) is 2. The molecular formula is C36H38F6IN7O3. The fraction of sp³-hybridized carbons (Fsp3) is 0.556. The second-order valence-corrected chi connectivity index (χ2v) is 16.8. The van der Waals surface area contributed by atoms with Crippen LogP contribution in [0.4, 0.5) is 37.0 Å². The van der Waals surface area contributed by atoms with E-state index in [1.165, 1.54) is 13.0 Å². The molecular weight excluding hydrogens is 819 g/mol. The van der Waals surface area contributed by atoms with E-state index in [-0.39, 0.29) is 82.1 Å². The van der Waals surface area contributed by atoms with Gasteiger partial charge in [0.2, 0.25) is 0 Å². The molecule has 4 atom stereocenters. The number of aromatic nitrogens is 4. The number of carbonyl (C=O) groups is 1. The number of benzene rings is 2. The van der Waals surface area contributed by atoms with Crippen molar-refractivity contribution in [2.24, 2.45) is 0 Å². The number of amides is 1. The summed E-state index contributed by atoms with van der Waals surface area (Å²) in [5.41, 5.74) is -4.66. The maximum Gasteiger partial charge on any atom is 0.417 e. The average molecular weight is 858 g/mol. The van der Waals surface area contributed by atoms with Gasteiger partial charge in [0.25, 0.3) is 0 Å². The molecule has 0 radical (unpaired) electrons. The summed E-state index contributed by atoms with van der Waals surface area (Å²) in [6, 6.07) is 1.34. The molecule has 4 aliphatic rings. The van der Waals surface area contributed by atoms with Gasteiger partial charge in [0.15, 0.2) is 5.82 Å². The molecule has 2 aromatic carbocycles. The van der Waals surface area contributed by atoms with Crippen molar-refractivity contribution in [3.05, 3.63) is 38.6 Å². The number of rotatable bonds is 5. The zero-order valence-corrected chi connectivity index (χ0v) is 31.7. The molecule has 0 aliphatic carbocycles. The molecule has 4 saturated heterocycles. The Kier molecular flexibility index (Phi) is 8.74. The first-order valence-corrected chi connectivity index (χ1v) is 18.7. The van der Waals surface area contributed by atoms with Gasteiger partial charge in [-0.25, -0.2) is 18.0 Å². The van der Waals surface area contributed by atoms with Crippen molar-refractivity contribution in [1.82, 2.24) is 30.0 Å². The molecule has 284 valence electrons. The number of piperazine rings is 1. The summed E-state index contributed by atoms with van der Waals surface area (Å²) in [6.07, 6.45) is -3.36. The van der Waals surface area contributed by atoms with Gasteiger partial charge in [-0.15, -0.1) is 0 Å². The SMILES string of the molecule is Cc1cc2n[nH]c(I)c2c(-c2c(F)cc3c(N4C[C@H]5CC[C@@H](C4)N5C(=O)OC(C)(C)C)nc(OC[C@@]45CCCN4C[C@H](F)C5)nc3c2F)c1C(F)(F)F. The zero-order chi connectivity index (χ0) is 37.8. The number of hydrogen-bond donors (Lipinski definition) is 1. The third-order valence-corrected chi connectivity index (χ3v) is 11.8. The molecule has 2 bridgehead atoms. The summed E-state index contributed by atoms with van der Waals surface area (Å²) in [6.45, 7) is 8.05. The molecule has 4 aromatic rings. The minimum Gasteiger partial charge on any atom is -0.461 e. The number of carbonyl (C=O) groups excluding carboxylic acids is 1. The molecule has 6 heterocycles. The number of anilines is 1. The van der Waals surface area contributed by atoms with Gasteiger partial charge in [-0.05, 0) is 100 Å². The van der Waals surface area contributed by atoms with Gasteiger partial charge in [-0.3, -0.25) is 14.9 Å². The molecule has 53 heavy (non-hydrogen) atoms. The lowest BCUT2D eigenvalue weighted by molar-refractivity contribution is -0.137. The van der Waals surface area contributed by atoms with Gasteiger partial charge in [0.1, 0.15) is 39.2 Å². The maximum atomic E-state index is 17.2. The van der Waals surface area contributed by atoms with Crippen LogP contribution in [-0.4, -0.2) is 98.2 Å². The summed E-state index contributed by atoms with van der Waals surface area (Å²) >= 11 is 1.76. The Morgan fingerprint density at radius 3 is 2.47 bits per heavy atom. The number of aromatic amines is 1. The highest BCUT2D eigenvalue weighted by molar-refractivity contribution is 14.1.